The first-order valence-electron chi connectivity index (χ1n) is 6.39. The van der Waals surface area contributed by atoms with Gasteiger partial charge in [0.1, 0.15) is 28.5 Å². The van der Waals surface area contributed by atoms with Gasteiger partial charge in [-0.1, -0.05) is 23.4 Å². The van der Waals surface area contributed by atoms with E-state index in [0.29, 0.717) is 16.8 Å². The lowest BCUT2D eigenvalue weighted by molar-refractivity contribution is 0.0945. The molecule has 0 saturated heterocycles. The van der Waals surface area contributed by atoms with Gasteiger partial charge in [-0.2, -0.15) is 0 Å². The Labute approximate surface area is 119 Å². The number of pyridine rings is 1. The number of rotatable bonds is 3. The fraction of sp³-hybridized carbons (Fsp3) is 0.133. The van der Waals surface area contributed by atoms with Crippen LogP contribution in [0.4, 0.5) is 4.39 Å². The van der Waals surface area contributed by atoms with Gasteiger partial charge in [-0.15, -0.1) is 0 Å². The van der Waals surface area contributed by atoms with E-state index in [0.717, 1.165) is 0 Å². The number of fused-ring (bicyclic) bond motifs is 1. The Morgan fingerprint density at radius 3 is 2.95 bits per heavy atom. The predicted octanol–water partition coefficient (Wildman–Crippen LogP) is 2.60. The van der Waals surface area contributed by atoms with Gasteiger partial charge in [0.2, 0.25) is 0 Å². The minimum absolute atomic E-state index is 0.160. The summed E-state index contributed by atoms with van der Waals surface area (Å²) in [6, 6.07) is 9.62. The molecule has 0 aliphatic carbocycles. The van der Waals surface area contributed by atoms with Gasteiger partial charge in [0.05, 0.1) is 6.54 Å². The van der Waals surface area contributed by atoms with Crippen molar-refractivity contribution in [1.82, 2.24) is 15.5 Å². The molecule has 2 aromatic heterocycles. The van der Waals surface area contributed by atoms with E-state index < -0.39 is 5.82 Å². The molecule has 1 aromatic carbocycles. The first kappa shape index (κ1) is 13.2. The summed E-state index contributed by atoms with van der Waals surface area (Å²) in [4.78, 5) is 16.1. The molecule has 3 rings (SSSR count). The highest BCUT2D eigenvalue weighted by Gasteiger charge is 2.11. The Kier molecular flexibility index (Phi) is 3.35. The molecular weight excluding hydrogens is 273 g/mol. The molecule has 0 atom stereocenters. The third-order valence-electron chi connectivity index (χ3n) is 3.01. The molecule has 2 heterocycles. The molecule has 6 heteroatoms. The minimum atomic E-state index is -0.450. The number of hydrogen-bond acceptors (Lipinski definition) is 4. The summed E-state index contributed by atoms with van der Waals surface area (Å²) in [6.07, 6.45) is 0. The molecular formula is C15H12FN3O2. The second-order valence-electron chi connectivity index (χ2n) is 4.62. The molecule has 106 valence electrons. The first-order chi connectivity index (χ1) is 10.1. The maximum Gasteiger partial charge on any atom is 0.270 e. The topological polar surface area (TPSA) is 68.0 Å². The van der Waals surface area contributed by atoms with Crippen LogP contribution in [-0.4, -0.2) is 16.0 Å². The van der Waals surface area contributed by atoms with E-state index in [4.69, 9.17) is 4.52 Å². The maximum atomic E-state index is 13.7. The van der Waals surface area contributed by atoms with Crippen LogP contribution in [0.15, 0.2) is 40.9 Å². The molecule has 0 bridgehead atoms. The number of nitrogens with zero attached hydrogens (tertiary/aromatic N) is 2. The summed E-state index contributed by atoms with van der Waals surface area (Å²) >= 11 is 0. The Bertz CT molecular complexity index is 814. The van der Waals surface area contributed by atoms with Crippen LogP contribution >= 0.6 is 0 Å². The molecule has 0 unspecified atom stereocenters. The van der Waals surface area contributed by atoms with Crippen LogP contribution < -0.4 is 5.32 Å². The Morgan fingerprint density at radius 2 is 2.19 bits per heavy atom. The third-order valence-corrected chi connectivity index (χ3v) is 3.01. The summed E-state index contributed by atoms with van der Waals surface area (Å²) in [5, 5.41) is 7.09. The van der Waals surface area contributed by atoms with E-state index in [2.05, 4.69) is 15.5 Å². The van der Waals surface area contributed by atoms with E-state index in [9.17, 15) is 9.18 Å². The van der Waals surface area contributed by atoms with Gasteiger partial charge in [-0.25, -0.2) is 9.37 Å². The Balaban J connectivity index is 1.79. The molecule has 1 N–H and O–H groups in total. The molecule has 0 radical (unpaired) electrons. The monoisotopic (exact) mass is 285 g/mol. The Hall–Kier alpha value is -2.76. The number of carbonyl (C=O) groups is 1. The molecule has 0 aliphatic heterocycles. The zero-order chi connectivity index (χ0) is 14.8. The third kappa shape index (κ3) is 2.74. The van der Waals surface area contributed by atoms with Crippen molar-refractivity contribution >= 4 is 16.8 Å². The normalized spacial score (nSPS) is 10.8. The number of hydrogen-bond donors (Lipinski definition) is 1. The highest BCUT2D eigenvalue weighted by atomic mass is 19.1. The van der Waals surface area contributed by atoms with Crippen LogP contribution in [0.1, 0.15) is 21.9 Å². The van der Waals surface area contributed by atoms with E-state index in [1.54, 1.807) is 37.3 Å². The number of aryl methyl sites for hydroxylation is 1. The van der Waals surface area contributed by atoms with Crippen molar-refractivity contribution in [3.63, 3.8) is 0 Å². The van der Waals surface area contributed by atoms with Crippen molar-refractivity contribution < 1.29 is 13.7 Å². The highest BCUT2D eigenvalue weighted by Crippen LogP contribution is 2.15. The van der Waals surface area contributed by atoms with Crippen molar-refractivity contribution in [3.05, 3.63) is 59.4 Å². The molecule has 21 heavy (non-hydrogen) atoms. The fourth-order valence-electron chi connectivity index (χ4n) is 2.00. The van der Waals surface area contributed by atoms with Crippen molar-refractivity contribution in [1.29, 1.82) is 0 Å². The minimum Gasteiger partial charge on any atom is -0.361 e. The summed E-state index contributed by atoms with van der Waals surface area (Å²) in [5.41, 5.74) is 0.961. The summed E-state index contributed by atoms with van der Waals surface area (Å²) in [7, 11) is 0. The summed E-state index contributed by atoms with van der Waals surface area (Å²) < 4.78 is 18.6. The van der Waals surface area contributed by atoms with Crippen molar-refractivity contribution in [3.8, 4) is 0 Å². The second kappa shape index (κ2) is 5.32. The zero-order valence-electron chi connectivity index (χ0n) is 11.3. The van der Waals surface area contributed by atoms with Crippen LogP contribution in [0, 0.1) is 12.7 Å². The smallest absolute Gasteiger partial charge is 0.270 e. The van der Waals surface area contributed by atoms with Crippen LogP contribution in [0.2, 0.25) is 0 Å². The number of aromatic nitrogens is 2. The number of para-hydroxylation sites is 1. The van der Waals surface area contributed by atoms with Crippen molar-refractivity contribution in [2.75, 3.05) is 0 Å². The van der Waals surface area contributed by atoms with Crippen molar-refractivity contribution in [2.45, 2.75) is 13.5 Å². The molecule has 3 aromatic rings. The average molecular weight is 285 g/mol. The molecule has 0 saturated carbocycles. The van der Waals surface area contributed by atoms with Crippen molar-refractivity contribution in [2.24, 2.45) is 0 Å². The lowest BCUT2D eigenvalue weighted by atomic mass is 10.2. The summed E-state index contributed by atoms with van der Waals surface area (Å²) in [6.45, 7) is 2.00. The summed E-state index contributed by atoms with van der Waals surface area (Å²) in [5.74, 6) is -0.166. The van der Waals surface area contributed by atoms with E-state index in [1.807, 2.05) is 0 Å². The maximum absolute atomic E-state index is 13.7. The van der Waals surface area contributed by atoms with Gasteiger partial charge in [0.25, 0.3) is 5.91 Å². The lowest BCUT2D eigenvalue weighted by Crippen LogP contribution is -2.24. The largest absolute Gasteiger partial charge is 0.361 e. The van der Waals surface area contributed by atoms with Crippen LogP contribution in [0.5, 0.6) is 0 Å². The van der Waals surface area contributed by atoms with E-state index >= 15 is 0 Å². The number of nitrogens with one attached hydrogen (secondary N) is 1. The van der Waals surface area contributed by atoms with Gasteiger partial charge in [-0.05, 0) is 19.1 Å². The van der Waals surface area contributed by atoms with Gasteiger partial charge >= 0.3 is 0 Å². The van der Waals surface area contributed by atoms with Crippen LogP contribution in [0.25, 0.3) is 10.9 Å². The van der Waals surface area contributed by atoms with Gasteiger partial charge in [-0.3, -0.25) is 4.79 Å². The van der Waals surface area contributed by atoms with Crippen LogP contribution in [0.3, 0.4) is 0 Å². The second-order valence-corrected chi connectivity index (χ2v) is 4.62. The predicted molar refractivity (Wildman–Crippen MR) is 74.1 cm³/mol. The first-order valence-corrected chi connectivity index (χ1v) is 6.39. The molecule has 5 nitrogen and oxygen atoms in total. The number of amides is 1. The van der Waals surface area contributed by atoms with Gasteiger partial charge in [0, 0.05) is 11.5 Å². The SMILES string of the molecule is Cc1cc(CNC(=O)c2ccc3cccc(F)c3n2)no1. The van der Waals surface area contributed by atoms with Gasteiger partial charge in [0.15, 0.2) is 0 Å². The highest BCUT2D eigenvalue weighted by molar-refractivity contribution is 5.94. The average Bonchev–Trinajstić information content (AvgIpc) is 2.90. The molecule has 0 spiro atoms. The lowest BCUT2D eigenvalue weighted by Gasteiger charge is -2.04. The number of halogens is 1. The fourth-order valence-corrected chi connectivity index (χ4v) is 2.00. The molecule has 0 fully saturated rings. The van der Waals surface area contributed by atoms with Gasteiger partial charge < -0.3 is 9.84 Å². The standard InChI is InChI=1S/C15H12FN3O2/c1-9-7-11(19-21-9)8-17-15(20)13-6-5-10-3-2-4-12(16)14(10)18-13/h2-7H,8H2,1H3,(H,17,20). The number of carbonyl (C=O) groups excluding carboxylic acids is 1. The quantitative estimate of drug-likeness (QED) is 0.803. The Morgan fingerprint density at radius 1 is 1.33 bits per heavy atom. The molecule has 0 aliphatic rings. The zero-order valence-corrected chi connectivity index (χ0v) is 11.3. The van der Waals surface area contributed by atoms with E-state index in [1.165, 1.54) is 6.07 Å². The number of benzene rings is 1. The van der Waals surface area contributed by atoms with E-state index in [-0.39, 0.29) is 23.7 Å². The molecule has 1 amide bonds. The van der Waals surface area contributed by atoms with Crippen LogP contribution in [-0.2, 0) is 6.54 Å².